The predicted molar refractivity (Wildman–Crippen MR) is 70.0 cm³/mol. The quantitative estimate of drug-likeness (QED) is 0.713. The summed E-state index contributed by atoms with van der Waals surface area (Å²) in [5.41, 5.74) is 1.17. The molecule has 0 saturated heterocycles. The molecule has 0 aromatic heterocycles. The third-order valence-corrected chi connectivity index (χ3v) is 2.88. The number of nitrogens with one attached hydrogen (secondary N) is 1. The van der Waals surface area contributed by atoms with Gasteiger partial charge in [0.15, 0.2) is 0 Å². The van der Waals surface area contributed by atoms with Crippen molar-refractivity contribution >= 4 is 0 Å². The Bertz CT molecular complexity index is 321. The maximum absolute atomic E-state index is 9.34. The summed E-state index contributed by atoms with van der Waals surface area (Å²) in [6.45, 7) is 6.01. The van der Waals surface area contributed by atoms with E-state index in [1.807, 2.05) is 12.1 Å². The lowest BCUT2D eigenvalue weighted by Gasteiger charge is -2.23. The van der Waals surface area contributed by atoms with Gasteiger partial charge in [0, 0.05) is 12.1 Å². The Balaban J connectivity index is 2.62. The summed E-state index contributed by atoms with van der Waals surface area (Å²) in [4.78, 5) is 0. The van der Waals surface area contributed by atoms with Crippen LogP contribution in [0.2, 0.25) is 0 Å². The largest absolute Gasteiger partial charge is 0.508 e. The van der Waals surface area contributed by atoms with Crippen molar-refractivity contribution in [2.45, 2.75) is 51.8 Å². The highest BCUT2D eigenvalue weighted by atomic mass is 16.3. The Morgan fingerprint density at radius 2 is 1.76 bits per heavy atom. The third kappa shape index (κ3) is 4.75. The molecule has 3 nitrogen and oxygen atoms in total. The van der Waals surface area contributed by atoms with Crippen LogP contribution in [0.25, 0.3) is 0 Å². The maximum atomic E-state index is 9.34. The first-order valence-corrected chi connectivity index (χ1v) is 6.26. The summed E-state index contributed by atoms with van der Waals surface area (Å²) in [7, 11) is 0. The molecule has 3 unspecified atom stereocenters. The van der Waals surface area contributed by atoms with Gasteiger partial charge in [-0.3, -0.25) is 0 Å². The van der Waals surface area contributed by atoms with Crippen LogP contribution in [0, 0.1) is 0 Å². The van der Waals surface area contributed by atoms with E-state index in [1.165, 1.54) is 5.56 Å². The van der Waals surface area contributed by atoms with Gasteiger partial charge in [-0.1, -0.05) is 19.1 Å². The molecule has 0 aliphatic rings. The Morgan fingerprint density at radius 3 is 2.24 bits per heavy atom. The molecule has 1 rings (SSSR count). The minimum atomic E-state index is -0.283. The molecular weight excluding hydrogens is 214 g/mol. The van der Waals surface area contributed by atoms with Crippen LogP contribution < -0.4 is 5.32 Å². The van der Waals surface area contributed by atoms with Crippen molar-refractivity contribution < 1.29 is 10.2 Å². The molecule has 1 aromatic rings. The first kappa shape index (κ1) is 14.0. The van der Waals surface area contributed by atoms with E-state index in [0.717, 1.165) is 12.8 Å². The van der Waals surface area contributed by atoms with Crippen LogP contribution in [0.15, 0.2) is 24.3 Å². The molecule has 0 heterocycles. The first-order chi connectivity index (χ1) is 8.02. The van der Waals surface area contributed by atoms with Gasteiger partial charge in [0.1, 0.15) is 5.75 Å². The van der Waals surface area contributed by atoms with Gasteiger partial charge in [-0.2, -0.15) is 0 Å². The average Bonchev–Trinajstić information content (AvgIpc) is 2.26. The second-order valence-corrected chi connectivity index (χ2v) is 4.70. The number of benzene rings is 1. The van der Waals surface area contributed by atoms with Crippen molar-refractivity contribution in [3.8, 4) is 5.75 Å². The number of rotatable bonds is 6. The second-order valence-electron chi connectivity index (χ2n) is 4.70. The smallest absolute Gasteiger partial charge is 0.115 e. The predicted octanol–water partition coefficient (Wildman–Crippen LogP) is 2.59. The van der Waals surface area contributed by atoms with Crippen LogP contribution in [0.4, 0.5) is 0 Å². The molecule has 1 aromatic carbocycles. The fourth-order valence-corrected chi connectivity index (χ4v) is 2.08. The molecule has 96 valence electrons. The zero-order chi connectivity index (χ0) is 12.8. The molecule has 3 heteroatoms. The molecule has 0 fully saturated rings. The molecule has 17 heavy (non-hydrogen) atoms. The van der Waals surface area contributed by atoms with Gasteiger partial charge < -0.3 is 15.5 Å². The van der Waals surface area contributed by atoms with Crippen LogP contribution in [-0.2, 0) is 0 Å². The summed E-state index contributed by atoms with van der Waals surface area (Å²) in [6.07, 6.45) is 1.44. The maximum Gasteiger partial charge on any atom is 0.115 e. The van der Waals surface area contributed by atoms with Gasteiger partial charge in [-0.15, -0.1) is 0 Å². The molecule has 3 atom stereocenters. The van der Waals surface area contributed by atoms with Crippen molar-refractivity contribution in [3.05, 3.63) is 29.8 Å². The van der Waals surface area contributed by atoms with Gasteiger partial charge in [-0.25, -0.2) is 0 Å². The van der Waals surface area contributed by atoms with E-state index < -0.39 is 0 Å². The van der Waals surface area contributed by atoms with E-state index in [-0.39, 0.29) is 18.2 Å². The van der Waals surface area contributed by atoms with Crippen LogP contribution in [-0.4, -0.2) is 22.4 Å². The summed E-state index contributed by atoms with van der Waals surface area (Å²) >= 11 is 0. The molecule has 0 aliphatic heterocycles. The lowest BCUT2D eigenvalue weighted by molar-refractivity contribution is 0.167. The van der Waals surface area contributed by atoms with E-state index in [4.69, 9.17) is 0 Å². The Labute approximate surface area is 103 Å². The molecule has 3 N–H and O–H groups in total. The van der Waals surface area contributed by atoms with E-state index in [1.54, 1.807) is 19.1 Å². The van der Waals surface area contributed by atoms with Gasteiger partial charge in [0.05, 0.1) is 6.10 Å². The minimum Gasteiger partial charge on any atom is -0.508 e. The van der Waals surface area contributed by atoms with Crippen molar-refractivity contribution in [3.63, 3.8) is 0 Å². The van der Waals surface area contributed by atoms with Gasteiger partial charge in [-0.05, 0) is 44.4 Å². The third-order valence-electron chi connectivity index (χ3n) is 2.88. The minimum absolute atomic E-state index is 0.268. The van der Waals surface area contributed by atoms with Gasteiger partial charge in [0.2, 0.25) is 0 Å². The summed E-state index contributed by atoms with van der Waals surface area (Å²) < 4.78 is 0. The SMILES string of the molecule is CCC(NC(C)CC(C)O)c1ccc(O)cc1. The standard InChI is InChI=1S/C14H23NO2/c1-4-14(15-10(2)9-11(3)16)12-5-7-13(17)8-6-12/h5-8,10-11,14-17H,4,9H2,1-3H3. The molecular formula is C14H23NO2. The van der Waals surface area contributed by atoms with Crippen LogP contribution in [0.5, 0.6) is 5.75 Å². The zero-order valence-electron chi connectivity index (χ0n) is 10.9. The van der Waals surface area contributed by atoms with Crippen LogP contribution >= 0.6 is 0 Å². The second kappa shape index (κ2) is 6.62. The van der Waals surface area contributed by atoms with E-state index in [9.17, 15) is 10.2 Å². The van der Waals surface area contributed by atoms with Crippen molar-refractivity contribution in [2.75, 3.05) is 0 Å². The first-order valence-electron chi connectivity index (χ1n) is 6.26. The number of aliphatic hydroxyl groups is 1. The Kier molecular flexibility index (Phi) is 5.45. The number of phenols is 1. The normalized spacial score (nSPS) is 16.5. The summed E-state index contributed by atoms with van der Waals surface area (Å²) in [5.74, 6) is 0.292. The highest BCUT2D eigenvalue weighted by molar-refractivity contribution is 5.28. The van der Waals surface area contributed by atoms with E-state index in [2.05, 4.69) is 19.2 Å². The lowest BCUT2D eigenvalue weighted by Crippen LogP contribution is -2.32. The topological polar surface area (TPSA) is 52.5 Å². The molecule has 0 saturated carbocycles. The molecule has 0 amide bonds. The molecule has 0 radical (unpaired) electrons. The van der Waals surface area contributed by atoms with E-state index in [0.29, 0.717) is 5.75 Å². The lowest BCUT2D eigenvalue weighted by atomic mass is 10.0. The number of aliphatic hydroxyl groups excluding tert-OH is 1. The summed E-state index contributed by atoms with van der Waals surface area (Å²) in [5, 5.41) is 22.1. The number of hydrogen-bond acceptors (Lipinski definition) is 3. The van der Waals surface area contributed by atoms with Crippen molar-refractivity contribution in [2.24, 2.45) is 0 Å². The number of hydrogen-bond donors (Lipinski definition) is 3. The summed E-state index contributed by atoms with van der Waals surface area (Å²) in [6, 6.07) is 7.83. The van der Waals surface area contributed by atoms with Crippen molar-refractivity contribution in [1.29, 1.82) is 0 Å². The highest BCUT2D eigenvalue weighted by Gasteiger charge is 2.13. The number of phenolic OH excluding ortho intramolecular Hbond substituents is 1. The molecule has 0 spiro atoms. The van der Waals surface area contributed by atoms with E-state index >= 15 is 0 Å². The zero-order valence-corrected chi connectivity index (χ0v) is 10.9. The highest BCUT2D eigenvalue weighted by Crippen LogP contribution is 2.20. The fraction of sp³-hybridized carbons (Fsp3) is 0.571. The van der Waals surface area contributed by atoms with Gasteiger partial charge >= 0.3 is 0 Å². The Morgan fingerprint density at radius 1 is 1.18 bits per heavy atom. The van der Waals surface area contributed by atoms with Crippen molar-refractivity contribution in [1.82, 2.24) is 5.32 Å². The average molecular weight is 237 g/mol. The van der Waals surface area contributed by atoms with Gasteiger partial charge in [0.25, 0.3) is 0 Å². The molecule has 0 aliphatic carbocycles. The van der Waals surface area contributed by atoms with Crippen LogP contribution in [0.3, 0.4) is 0 Å². The van der Waals surface area contributed by atoms with Crippen LogP contribution in [0.1, 0.15) is 45.2 Å². The Hall–Kier alpha value is -1.06. The molecule has 0 bridgehead atoms. The number of aromatic hydroxyl groups is 1. The fourth-order valence-electron chi connectivity index (χ4n) is 2.08. The monoisotopic (exact) mass is 237 g/mol.